The lowest BCUT2D eigenvalue weighted by Crippen LogP contribution is -2.47. The van der Waals surface area contributed by atoms with Crippen LogP contribution >= 0.6 is 0 Å². The van der Waals surface area contributed by atoms with Crippen LogP contribution in [0.2, 0.25) is 0 Å². The Balaban J connectivity index is 1.51. The molecule has 7 nitrogen and oxygen atoms in total. The smallest absolute Gasteiger partial charge is 0.256 e. The van der Waals surface area contributed by atoms with Gasteiger partial charge in [0.25, 0.3) is 5.91 Å². The molecule has 156 valence electrons. The number of nitrogens with zero attached hydrogens (tertiary/aromatic N) is 5. The second-order valence-electron chi connectivity index (χ2n) is 8.02. The highest BCUT2D eigenvalue weighted by molar-refractivity contribution is 5.98. The van der Waals surface area contributed by atoms with Crippen molar-refractivity contribution in [2.45, 2.75) is 39.7 Å². The first kappa shape index (κ1) is 20.1. The van der Waals surface area contributed by atoms with Crippen LogP contribution in [0.15, 0.2) is 48.8 Å². The minimum Gasteiger partial charge on any atom is -0.477 e. The summed E-state index contributed by atoms with van der Waals surface area (Å²) in [6.07, 6.45) is 5.20. The molecule has 0 radical (unpaired) electrons. The number of amides is 1. The molecule has 4 rings (SSSR count). The Morgan fingerprint density at radius 2 is 1.93 bits per heavy atom. The summed E-state index contributed by atoms with van der Waals surface area (Å²) in [5.41, 5.74) is 3.29. The van der Waals surface area contributed by atoms with Gasteiger partial charge in [0.05, 0.1) is 30.3 Å². The highest BCUT2D eigenvalue weighted by Gasteiger charge is 2.31. The van der Waals surface area contributed by atoms with Crippen molar-refractivity contribution in [3.8, 4) is 11.6 Å². The van der Waals surface area contributed by atoms with Crippen molar-refractivity contribution < 1.29 is 9.53 Å². The number of ether oxygens (including phenoxy) is 1. The summed E-state index contributed by atoms with van der Waals surface area (Å²) in [5.74, 6) is 0.914. The van der Waals surface area contributed by atoms with Crippen LogP contribution in [-0.4, -0.2) is 50.0 Å². The number of carbonyl (C=O) groups excluding carboxylic acids is 1. The zero-order chi connectivity index (χ0) is 21.1. The maximum absolute atomic E-state index is 13.5. The van der Waals surface area contributed by atoms with Crippen molar-refractivity contribution >= 4 is 5.91 Å². The van der Waals surface area contributed by atoms with Gasteiger partial charge in [0.15, 0.2) is 0 Å². The zero-order valence-corrected chi connectivity index (χ0v) is 17.7. The fourth-order valence-electron chi connectivity index (χ4n) is 3.89. The predicted octanol–water partition coefficient (Wildman–Crippen LogP) is 3.60. The fraction of sp³-hybridized carbons (Fsp3) is 0.391. The van der Waals surface area contributed by atoms with Gasteiger partial charge in [-0.05, 0) is 51.8 Å². The molecule has 2 atom stereocenters. The molecule has 3 heterocycles. The van der Waals surface area contributed by atoms with E-state index in [4.69, 9.17) is 4.74 Å². The molecule has 1 aromatic carbocycles. The number of piperidine rings is 1. The average Bonchev–Trinajstić information content (AvgIpc) is 3.27. The second-order valence-corrected chi connectivity index (χ2v) is 8.02. The monoisotopic (exact) mass is 405 g/mol. The molecule has 0 bridgehead atoms. The third-order valence-electron chi connectivity index (χ3n) is 5.59. The number of hydrogen-bond acceptors (Lipinski definition) is 5. The van der Waals surface area contributed by atoms with Gasteiger partial charge in [-0.1, -0.05) is 17.7 Å². The van der Waals surface area contributed by atoms with Gasteiger partial charge in [-0.25, -0.2) is 4.98 Å². The molecule has 0 saturated carbocycles. The lowest BCUT2D eigenvalue weighted by atomic mass is 9.93. The molecule has 1 saturated heterocycles. The van der Waals surface area contributed by atoms with Crippen LogP contribution in [0.4, 0.5) is 0 Å². The highest BCUT2D eigenvalue weighted by Crippen LogP contribution is 2.26. The van der Waals surface area contributed by atoms with Gasteiger partial charge < -0.3 is 9.64 Å². The lowest BCUT2D eigenvalue weighted by molar-refractivity contribution is 0.0502. The van der Waals surface area contributed by atoms with Crippen molar-refractivity contribution in [1.29, 1.82) is 0 Å². The van der Waals surface area contributed by atoms with E-state index < -0.39 is 0 Å². The van der Waals surface area contributed by atoms with E-state index in [2.05, 4.69) is 22.1 Å². The third-order valence-corrected chi connectivity index (χ3v) is 5.59. The van der Waals surface area contributed by atoms with E-state index in [1.54, 1.807) is 12.4 Å². The Kier molecular flexibility index (Phi) is 5.79. The highest BCUT2D eigenvalue weighted by atomic mass is 16.5. The van der Waals surface area contributed by atoms with Gasteiger partial charge in [-0.2, -0.15) is 15.0 Å². The number of aryl methyl sites for hydroxylation is 2. The van der Waals surface area contributed by atoms with E-state index in [1.807, 2.05) is 55.1 Å². The first-order chi connectivity index (χ1) is 14.5. The molecule has 30 heavy (non-hydrogen) atoms. The van der Waals surface area contributed by atoms with Crippen LogP contribution < -0.4 is 4.74 Å². The number of carbonyl (C=O) groups is 1. The molecule has 1 fully saturated rings. The summed E-state index contributed by atoms with van der Waals surface area (Å²) in [5, 5.41) is 8.43. The molecule has 7 heteroatoms. The molecular weight excluding hydrogens is 378 g/mol. The Hall–Kier alpha value is -3.22. The first-order valence-electron chi connectivity index (χ1n) is 10.4. The summed E-state index contributed by atoms with van der Waals surface area (Å²) in [6.45, 7) is 7.25. The van der Waals surface area contributed by atoms with Gasteiger partial charge in [-0.3, -0.25) is 4.79 Å². The molecule has 2 aromatic heterocycles. The Morgan fingerprint density at radius 1 is 1.13 bits per heavy atom. The largest absolute Gasteiger partial charge is 0.477 e. The number of aromatic nitrogens is 4. The van der Waals surface area contributed by atoms with Crippen LogP contribution in [-0.2, 0) is 0 Å². The summed E-state index contributed by atoms with van der Waals surface area (Å²) < 4.78 is 5.92. The number of benzene rings is 1. The zero-order valence-electron chi connectivity index (χ0n) is 17.7. The van der Waals surface area contributed by atoms with Crippen LogP contribution in [0.3, 0.4) is 0 Å². The van der Waals surface area contributed by atoms with Crippen molar-refractivity contribution in [3.05, 3.63) is 65.6 Å². The molecule has 1 aliphatic rings. The fourth-order valence-corrected chi connectivity index (χ4v) is 3.89. The van der Waals surface area contributed by atoms with Gasteiger partial charge in [-0.15, -0.1) is 0 Å². The number of pyridine rings is 1. The SMILES string of the molecule is Cc1ccc(-n2nccn2)c(C(=O)N2CC(COc3cccc(C)n3)CCC2C)c1. The third kappa shape index (κ3) is 4.35. The van der Waals surface area contributed by atoms with Crippen LogP contribution in [0.5, 0.6) is 5.88 Å². The van der Waals surface area contributed by atoms with E-state index in [1.165, 1.54) is 4.80 Å². The lowest BCUT2D eigenvalue weighted by Gasteiger charge is -2.38. The topological polar surface area (TPSA) is 73.1 Å². The average molecular weight is 406 g/mol. The number of likely N-dealkylation sites (tertiary alicyclic amines) is 1. The summed E-state index contributed by atoms with van der Waals surface area (Å²) in [4.78, 5) is 21.4. The quantitative estimate of drug-likeness (QED) is 0.648. The summed E-state index contributed by atoms with van der Waals surface area (Å²) in [7, 11) is 0. The minimum absolute atomic E-state index is 0.0110. The molecule has 2 unspecified atom stereocenters. The molecule has 1 amide bonds. The van der Waals surface area contributed by atoms with Crippen molar-refractivity contribution in [2.75, 3.05) is 13.2 Å². The first-order valence-corrected chi connectivity index (χ1v) is 10.4. The van der Waals surface area contributed by atoms with Gasteiger partial charge in [0.2, 0.25) is 5.88 Å². The van der Waals surface area contributed by atoms with E-state index in [0.717, 1.165) is 24.1 Å². The second kappa shape index (κ2) is 8.65. The predicted molar refractivity (Wildman–Crippen MR) is 114 cm³/mol. The molecule has 0 aliphatic carbocycles. The van der Waals surface area contributed by atoms with Crippen LogP contribution in [0.25, 0.3) is 5.69 Å². The van der Waals surface area contributed by atoms with E-state index in [9.17, 15) is 4.79 Å². The Bertz CT molecular complexity index is 1020. The molecule has 3 aromatic rings. The van der Waals surface area contributed by atoms with Gasteiger partial charge >= 0.3 is 0 Å². The number of rotatable bonds is 5. The Morgan fingerprint density at radius 3 is 2.70 bits per heavy atom. The standard InChI is InChI=1S/C23H27N5O2/c1-16-7-10-21(28-24-11-12-25-28)20(13-16)23(29)27-14-19(9-8-18(27)3)15-30-22-6-4-5-17(2)26-22/h4-7,10-13,18-19H,8-9,14-15H2,1-3H3. The maximum Gasteiger partial charge on any atom is 0.256 e. The van der Waals surface area contributed by atoms with Crippen molar-refractivity contribution in [2.24, 2.45) is 5.92 Å². The van der Waals surface area contributed by atoms with Crippen LogP contribution in [0.1, 0.15) is 41.4 Å². The summed E-state index contributed by atoms with van der Waals surface area (Å²) in [6, 6.07) is 11.7. The molecule has 1 aliphatic heterocycles. The van der Waals surface area contributed by atoms with Crippen LogP contribution in [0, 0.1) is 19.8 Å². The van der Waals surface area contributed by atoms with Crippen molar-refractivity contribution in [3.63, 3.8) is 0 Å². The van der Waals surface area contributed by atoms with Crippen molar-refractivity contribution in [1.82, 2.24) is 24.9 Å². The maximum atomic E-state index is 13.5. The molecule has 0 spiro atoms. The normalized spacial score (nSPS) is 19.0. The Labute approximate surface area is 176 Å². The molecular formula is C23H27N5O2. The van der Waals surface area contributed by atoms with E-state index >= 15 is 0 Å². The van der Waals surface area contributed by atoms with Gasteiger partial charge in [0, 0.05) is 30.3 Å². The van der Waals surface area contributed by atoms with Gasteiger partial charge in [0.1, 0.15) is 0 Å². The molecule has 0 N–H and O–H groups in total. The van der Waals surface area contributed by atoms with E-state index in [0.29, 0.717) is 30.3 Å². The number of hydrogen-bond donors (Lipinski definition) is 0. The summed E-state index contributed by atoms with van der Waals surface area (Å²) >= 11 is 0. The minimum atomic E-state index is 0.0110. The van der Waals surface area contributed by atoms with E-state index in [-0.39, 0.29) is 17.9 Å².